The number of rotatable bonds is 5. The largest absolute Gasteiger partial charge is 0.360 e. The molecule has 1 amide bonds. The molecule has 1 aromatic carbocycles. The highest BCUT2D eigenvalue weighted by molar-refractivity contribution is 7.89. The number of aryl methyl sites for hydroxylation is 2. The van der Waals surface area contributed by atoms with Crippen LogP contribution in [-0.4, -0.2) is 54.9 Å². The standard InChI is InChI=1S/C18H24N4O4S/c1-13-4-5-16(19-15(3)23)11-18(13)27(24,25)22-8-6-21(7-9-22)12-17-10-14(2)20-26-17/h4-5,10-11H,6-9,12H2,1-3H3,(H,19,23). The number of carbonyl (C=O) groups is 1. The van der Waals surface area contributed by atoms with E-state index in [9.17, 15) is 13.2 Å². The van der Waals surface area contributed by atoms with Gasteiger partial charge in [0.2, 0.25) is 15.9 Å². The summed E-state index contributed by atoms with van der Waals surface area (Å²) in [4.78, 5) is 13.6. The number of nitrogens with one attached hydrogen (secondary N) is 1. The van der Waals surface area contributed by atoms with Gasteiger partial charge < -0.3 is 9.84 Å². The summed E-state index contributed by atoms with van der Waals surface area (Å²) in [6.45, 7) is 7.67. The number of amides is 1. The third kappa shape index (κ3) is 4.55. The van der Waals surface area contributed by atoms with Crippen molar-refractivity contribution in [2.24, 2.45) is 0 Å². The van der Waals surface area contributed by atoms with Crippen LogP contribution in [0.15, 0.2) is 33.7 Å². The van der Waals surface area contributed by atoms with Crippen LogP contribution in [0.2, 0.25) is 0 Å². The topological polar surface area (TPSA) is 95.8 Å². The molecular formula is C18H24N4O4S. The first-order valence-corrected chi connectivity index (χ1v) is 10.2. The number of nitrogens with zero attached hydrogens (tertiary/aromatic N) is 3. The van der Waals surface area contributed by atoms with E-state index in [1.807, 2.05) is 13.0 Å². The van der Waals surface area contributed by atoms with Crippen molar-refractivity contribution in [2.75, 3.05) is 31.5 Å². The summed E-state index contributed by atoms with van der Waals surface area (Å²) >= 11 is 0. The number of benzene rings is 1. The van der Waals surface area contributed by atoms with Crippen molar-refractivity contribution in [3.63, 3.8) is 0 Å². The molecule has 0 radical (unpaired) electrons. The lowest BCUT2D eigenvalue weighted by Crippen LogP contribution is -2.48. The molecule has 8 nitrogen and oxygen atoms in total. The van der Waals surface area contributed by atoms with Crippen LogP contribution in [0.1, 0.15) is 23.9 Å². The molecule has 0 spiro atoms. The van der Waals surface area contributed by atoms with Crippen molar-refractivity contribution in [1.29, 1.82) is 0 Å². The molecule has 3 rings (SSSR count). The minimum absolute atomic E-state index is 0.230. The molecule has 2 aromatic rings. The van der Waals surface area contributed by atoms with Gasteiger partial charge in [0.15, 0.2) is 5.76 Å². The quantitative estimate of drug-likeness (QED) is 0.833. The van der Waals surface area contributed by atoms with Crippen molar-refractivity contribution in [3.8, 4) is 0 Å². The Morgan fingerprint density at radius 2 is 1.89 bits per heavy atom. The maximum Gasteiger partial charge on any atom is 0.243 e. The minimum atomic E-state index is -3.62. The van der Waals surface area contributed by atoms with Gasteiger partial charge in [-0.25, -0.2) is 8.42 Å². The predicted octanol–water partition coefficient (Wildman–Crippen LogP) is 1.76. The van der Waals surface area contributed by atoms with Gasteiger partial charge in [-0.2, -0.15) is 4.31 Å². The van der Waals surface area contributed by atoms with Crippen LogP contribution in [0.5, 0.6) is 0 Å². The Morgan fingerprint density at radius 3 is 2.48 bits per heavy atom. The maximum absolute atomic E-state index is 13.1. The smallest absolute Gasteiger partial charge is 0.243 e. The van der Waals surface area contributed by atoms with Crippen LogP contribution >= 0.6 is 0 Å². The van der Waals surface area contributed by atoms with E-state index in [1.54, 1.807) is 19.1 Å². The van der Waals surface area contributed by atoms with Crippen molar-refractivity contribution in [3.05, 3.63) is 41.3 Å². The first-order chi connectivity index (χ1) is 12.8. The average molecular weight is 392 g/mol. The number of anilines is 1. The van der Waals surface area contributed by atoms with E-state index >= 15 is 0 Å². The molecule has 0 bridgehead atoms. The van der Waals surface area contributed by atoms with Crippen LogP contribution in [0.3, 0.4) is 0 Å². The molecule has 0 unspecified atom stereocenters. The summed E-state index contributed by atoms with van der Waals surface area (Å²) in [5, 5.41) is 6.51. The molecule has 2 heterocycles. The van der Waals surface area contributed by atoms with Gasteiger partial charge in [-0.3, -0.25) is 9.69 Å². The third-order valence-electron chi connectivity index (χ3n) is 4.51. The molecule has 1 aliphatic rings. The normalized spacial score (nSPS) is 16.4. The second-order valence-corrected chi connectivity index (χ2v) is 8.68. The molecule has 1 aliphatic heterocycles. The van der Waals surface area contributed by atoms with Crippen LogP contribution < -0.4 is 5.32 Å². The fourth-order valence-corrected chi connectivity index (χ4v) is 4.81. The van der Waals surface area contributed by atoms with Gasteiger partial charge in [0.05, 0.1) is 17.1 Å². The zero-order chi connectivity index (χ0) is 19.6. The Kier molecular flexibility index (Phi) is 5.64. The predicted molar refractivity (Wildman–Crippen MR) is 101 cm³/mol. The molecule has 0 saturated carbocycles. The summed E-state index contributed by atoms with van der Waals surface area (Å²) in [6, 6.07) is 6.82. The first-order valence-electron chi connectivity index (χ1n) is 8.78. The highest BCUT2D eigenvalue weighted by atomic mass is 32.2. The van der Waals surface area contributed by atoms with Crippen molar-refractivity contribution >= 4 is 21.6 Å². The Labute approximate surface area is 159 Å². The van der Waals surface area contributed by atoms with Crippen LogP contribution in [-0.2, 0) is 21.4 Å². The van der Waals surface area contributed by atoms with Crippen LogP contribution in [0.4, 0.5) is 5.69 Å². The monoisotopic (exact) mass is 392 g/mol. The minimum Gasteiger partial charge on any atom is -0.360 e. The highest BCUT2D eigenvalue weighted by Crippen LogP contribution is 2.25. The molecule has 1 saturated heterocycles. The number of carbonyl (C=O) groups excluding carboxylic acids is 1. The Bertz CT molecular complexity index is 931. The van der Waals surface area contributed by atoms with Gasteiger partial charge in [-0.05, 0) is 31.5 Å². The summed E-state index contributed by atoms with van der Waals surface area (Å²) in [5.41, 5.74) is 1.97. The molecule has 1 fully saturated rings. The zero-order valence-corrected chi connectivity index (χ0v) is 16.5. The molecular weight excluding hydrogens is 368 g/mol. The number of piperazine rings is 1. The van der Waals surface area contributed by atoms with E-state index in [1.165, 1.54) is 17.3 Å². The van der Waals surface area contributed by atoms with E-state index in [2.05, 4.69) is 15.4 Å². The van der Waals surface area contributed by atoms with Gasteiger partial charge in [0.1, 0.15) is 0 Å². The number of aromatic nitrogens is 1. The molecule has 1 N–H and O–H groups in total. The van der Waals surface area contributed by atoms with Gasteiger partial charge in [0.25, 0.3) is 0 Å². The van der Waals surface area contributed by atoms with E-state index in [0.717, 1.165) is 11.5 Å². The molecule has 9 heteroatoms. The number of sulfonamides is 1. The lowest BCUT2D eigenvalue weighted by atomic mass is 10.2. The van der Waals surface area contributed by atoms with Crippen molar-refractivity contribution in [2.45, 2.75) is 32.2 Å². The van der Waals surface area contributed by atoms with Gasteiger partial charge in [0, 0.05) is 44.9 Å². The first kappa shape index (κ1) is 19.5. The summed E-state index contributed by atoms with van der Waals surface area (Å²) < 4.78 is 32.9. The van der Waals surface area contributed by atoms with E-state index in [-0.39, 0.29) is 10.8 Å². The number of hydrogen-bond acceptors (Lipinski definition) is 6. The second kappa shape index (κ2) is 7.79. The SMILES string of the molecule is CC(=O)Nc1ccc(C)c(S(=O)(=O)N2CCN(Cc3cc(C)no3)CC2)c1. The van der Waals surface area contributed by atoms with E-state index in [4.69, 9.17) is 4.52 Å². The van der Waals surface area contributed by atoms with E-state index in [0.29, 0.717) is 44.0 Å². The second-order valence-electron chi connectivity index (χ2n) is 6.78. The molecule has 146 valence electrons. The van der Waals surface area contributed by atoms with Gasteiger partial charge >= 0.3 is 0 Å². The average Bonchev–Trinajstić information content (AvgIpc) is 3.01. The Morgan fingerprint density at radius 1 is 1.19 bits per heavy atom. The molecule has 1 aromatic heterocycles. The maximum atomic E-state index is 13.1. The fourth-order valence-electron chi connectivity index (χ4n) is 3.14. The third-order valence-corrected chi connectivity index (χ3v) is 6.55. The van der Waals surface area contributed by atoms with Crippen molar-refractivity contribution < 1.29 is 17.7 Å². The van der Waals surface area contributed by atoms with Gasteiger partial charge in [-0.1, -0.05) is 11.2 Å². The van der Waals surface area contributed by atoms with Crippen LogP contribution in [0, 0.1) is 13.8 Å². The summed E-state index contributed by atoms with van der Waals surface area (Å²) in [7, 11) is -3.62. The Balaban J connectivity index is 1.70. The van der Waals surface area contributed by atoms with Crippen LogP contribution in [0.25, 0.3) is 0 Å². The lowest BCUT2D eigenvalue weighted by molar-refractivity contribution is -0.114. The van der Waals surface area contributed by atoms with Crippen molar-refractivity contribution in [1.82, 2.24) is 14.4 Å². The van der Waals surface area contributed by atoms with Gasteiger partial charge in [-0.15, -0.1) is 0 Å². The fraction of sp³-hybridized carbons (Fsp3) is 0.444. The molecule has 0 aliphatic carbocycles. The summed E-state index contributed by atoms with van der Waals surface area (Å²) in [6.07, 6.45) is 0. The lowest BCUT2D eigenvalue weighted by Gasteiger charge is -2.33. The summed E-state index contributed by atoms with van der Waals surface area (Å²) in [5.74, 6) is 0.543. The highest BCUT2D eigenvalue weighted by Gasteiger charge is 2.30. The Hall–Kier alpha value is -2.23. The number of hydrogen-bond donors (Lipinski definition) is 1. The van der Waals surface area contributed by atoms with E-state index < -0.39 is 10.0 Å². The molecule has 0 atom stereocenters. The zero-order valence-electron chi connectivity index (χ0n) is 15.7. The molecule has 27 heavy (non-hydrogen) atoms.